The van der Waals surface area contributed by atoms with E-state index >= 15 is 0 Å². The van der Waals surface area contributed by atoms with Crippen LogP contribution in [0.15, 0.2) is 12.1 Å². The summed E-state index contributed by atoms with van der Waals surface area (Å²) in [7, 11) is 1.78. The van der Waals surface area contributed by atoms with Gasteiger partial charge in [-0.25, -0.2) is 0 Å². The molecule has 0 saturated heterocycles. The van der Waals surface area contributed by atoms with E-state index in [1.54, 1.807) is 18.4 Å². The van der Waals surface area contributed by atoms with Crippen molar-refractivity contribution < 1.29 is 4.79 Å². The monoisotopic (exact) mass is 260 g/mol. The highest BCUT2D eigenvalue weighted by Gasteiger charge is 2.24. The van der Waals surface area contributed by atoms with E-state index in [2.05, 4.69) is 10.6 Å². The van der Waals surface area contributed by atoms with E-state index in [4.69, 9.17) is 11.6 Å². The Labute approximate surface area is 105 Å². The first-order valence-corrected chi connectivity index (χ1v) is 6.36. The highest BCUT2D eigenvalue weighted by molar-refractivity contribution is 7.16. The normalized spacial score (nSPS) is 11.5. The van der Waals surface area contributed by atoms with Gasteiger partial charge in [-0.05, 0) is 39.4 Å². The van der Waals surface area contributed by atoms with Crippen LogP contribution in [0, 0.1) is 0 Å². The standard InChI is InChI=1S/C11H17ClN2OS/c1-11(2,13-3)10(15)14-7-6-8-4-5-9(12)16-8/h4-5,13H,6-7H2,1-3H3,(H,14,15). The second-order valence-corrected chi connectivity index (χ2v) is 5.89. The van der Waals surface area contributed by atoms with Gasteiger partial charge >= 0.3 is 0 Å². The van der Waals surface area contributed by atoms with Gasteiger partial charge in [0, 0.05) is 11.4 Å². The number of hydrogen-bond donors (Lipinski definition) is 2. The molecule has 0 saturated carbocycles. The highest BCUT2D eigenvalue weighted by atomic mass is 35.5. The van der Waals surface area contributed by atoms with Crippen molar-refractivity contribution in [3.8, 4) is 0 Å². The lowest BCUT2D eigenvalue weighted by atomic mass is 10.1. The van der Waals surface area contributed by atoms with Crippen LogP contribution in [0.1, 0.15) is 18.7 Å². The lowest BCUT2D eigenvalue weighted by Crippen LogP contribution is -2.51. The number of rotatable bonds is 5. The molecule has 0 aliphatic heterocycles. The molecule has 90 valence electrons. The fourth-order valence-corrected chi connectivity index (χ4v) is 2.21. The molecule has 1 amide bonds. The van der Waals surface area contributed by atoms with Crippen LogP contribution in [0.3, 0.4) is 0 Å². The van der Waals surface area contributed by atoms with Gasteiger partial charge in [0.05, 0.1) is 9.88 Å². The Morgan fingerprint density at radius 2 is 2.19 bits per heavy atom. The van der Waals surface area contributed by atoms with Crippen LogP contribution in [0.5, 0.6) is 0 Å². The van der Waals surface area contributed by atoms with Crippen LogP contribution < -0.4 is 10.6 Å². The molecule has 2 N–H and O–H groups in total. The Hall–Kier alpha value is -0.580. The van der Waals surface area contributed by atoms with Gasteiger partial charge in [-0.3, -0.25) is 4.79 Å². The van der Waals surface area contributed by atoms with Crippen molar-refractivity contribution in [3.05, 3.63) is 21.3 Å². The summed E-state index contributed by atoms with van der Waals surface area (Å²) in [6.07, 6.45) is 0.822. The molecule has 0 fully saturated rings. The molecule has 0 radical (unpaired) electrons. The Kier molecular flexibility index (Phi) is 4.77. The quantitative estimate of drug-likeness (QED) is 0.851. The minimum Gasteiger partial charge on any atom is -0.354 e. The summed E-state index contributed by atoms with van der Waals surface area (Å²) in [5.41, 5.74) is -0.521. The summed E-state index contributed by atoms with van der Waals surface area (Å²) >= 11 is 7.37. The molecule has 0 bridgehead atoms. The van der Waals surface area contributed by atoms with E-state index in [0.717, 1.165) is 10.8 Å². The van der Waals surface area contributed by atoms with Crippen molar-refractivity contribution in [2.75, 3.05) is 13.6 Å². The fourth-order valence-electron chi connectivity index (χ4n) is 1.12. The van der Waals surface area contributed by atoms with Gasteiger partial charge in [-0.1, -0.05) is 11.6 Å². The van der Waals surface area contributed by atoms with Gasteiger partial charge in [-0.15, -0.1) is 11.3 Å². The summed E-state index contributed by atoms with van der Waals surface area (Å²) < 4.78 is 0.789. The maximum atomic E-state index is 11.7. The van der Waals surface area contributed by atoms with Crippen LogP contribution in [0.4, 0.5) is 0 Å². The molecular weight excluding hydrogens is 244 g/mol. The van der Waals surface area contributed by atoms with Gasteiger partial charge in [0.2, 0.25) is 5.91 Å². The summed E-state index contributed by atoms with van der Waals surface area (Å²) in [4.78, 5) is 12.9. The summed E-state index contributed by atoms with van der Waals surface area (Å²) in [6.45, 7) is 4.34. The topological polar surface area (TPSA) is 41.1 Å². The second-order valence-electron chi connectivity index (χ2n) is 4.09. The first-order chi connectivity index (χ1) is 7.45. The summed E-state index contributed by atoms with van der Waals surface area (Å²) in [5.74, 6) is 0.0117. The number of amides is 1. The first-order valence-electron chi connectivity index (χ1n) is 5.17. The number of nitrogens with one attached hydrogen (secondary N) is 2. The van der Waals surface area contributed by atoms with Gasteiger partial charge in [0.1, 0.15) is 0 Å². The number of likely N-dealkylation sites (N-methyl/N-ethyl adjacent to an activating group) is 1. The molecule has 0 aliphatic rings. The zero-order valence-corrected chi connectivity index (χ0v) is 11.3. The van der Waals surface area contributed by atoms with Crippen molar-refractivity contribution in [1.29, 1.82) is 0 Å². The molecule has 16 heavy (non-hydrogen) atoms. The zero-order chi connectivity index (χ0) is 12.2. The Morgan fingerprint density at radius 1 is 1.50 bits per heavy atom. The molecule has 0 spiro atoms. The number of thiophene rings is 1. The molecule has 0 aliphatic carbocycles. The van der Waals surface area contributed by atoms with Crippen molar-refractivity contribution in [2.24, 2.45) is 0 Å². The lowest BCUT2D eigenvalue weighted by molar-refractivity contribution is -0.126. The van der Waals surface area contributed by atoms with E-state index in [0.29, 0.717) is 6.54 Å². The average Bonchev–Trinajstić information content (AvgIpc) is 2.64. The molecule has 1 rings (SSSR count). The third kappa shape index (κ3) is 3.77. The molecule has 0 unspecified atom stereocenters. The average molecular weight is 261 g/mol. The SMILES string of the molecule is CNC(C)(C)C(=O)NCCc1ccc(Cl)s1. The van der Waals surface area contributed by atoms with Gasteiger partial charge in [0.25, 0.3) is 0 Å². The molecule has 5 heteroatoms. The summed E-state index contributed by atoms with van der Waals surface area (Å²) in [6, 6.07) is 3.86. The Bertz CT molecular complexity index is 363. The van der Waals surface area contributed by atoms with Crippen LogP contribution in [-0.2, 0) is 11.2 Å². The number of carbonyl (C=O) groups excluding carboxylic acids is 1. The Balaban J connectivity index is 2.33. The maximum Gasteiger partial charge on any atom is 0.239 e. The van der Waals surface area contributed by atoms with Gasteiger partial charge in [0.15, 0.2) is 0 Å². The van der Waals surface area contributed by atoms with Crippen molar-refractivity contribution in [1.82, 2.24) is 10.6 Å². The molecule has 3 nitrogen and oxygen atoms in total. The molecule has 1 aromatic heterocycles. The van der Waals surface area contributed by atoms with Gasteiger partial charge in [-0.2, -0.15) is 0 Å². The molecule has 0 atom stereocenters. The van der Waals surface area contributed by atoms with Gasteiger partial charge < -0.3 is 10.6 Å². The molecule has 1 heterocycles. The molecule has 1 aromatic rings. The van der Waals surface area contributed by atoms with E-state index in [1.807, 2.05) is 26.0 Å². The fraction of sp³-hybridized carbons (Fsp3) is 0.545. The predicted octanol–water partition coefficient (Wildman–Crippen LogP) is 2.06. The van der Waals surface area contributed by atoms with Crippen LogP contribution in [-0.4, -0.2) is 25.0 Å². The van der Waals surface area contributed by atoms with E-state index in [-0.39, 0.29) is 5.91 Å². The highest BCUT2D eigenvalue weighted by Crippen LogP contribution is 2.21. The number of carbonyl (C=O) groups is 1. The zero-order valence-electron chi connectivity index (χ0n) is 9.76. The van der Waals surface area contributed by atoms with Crippen molar-refractivity contribution in [2.45, 2.75) is 25.8 Å². The number of halogens is 1. The Morgan fingerprint density at radius 3 is 2.69 bits per heavy atom. The lowest BCUT2D eigenvalue weighted by Gasteiger charge is -2.22. The largest absolute Gasteiger partial charge is 0.354 e. The van der Waals surface area contributed by atoms with Crippen LogP contribution >= 0.6 is 22.9 Å². The van der Waals surface area contributed by atoms with Crippen LogP contribution in [0.2, 0.25) is 4.34 Å². The maximum absolute atomic E-state index is 11.7. The summed E-state index contributed by atoms with van der Waals surface area (Å²) in [5, 5.41) is 5.86. The minimum absolute atomic E-state index is 0.0117. The first kappa shape index (κ1) is 13.5. The number of hydrogen-bond acceptors (Lipinski definition) is 3. The third-order valence-corrected chi connectivity index (χ3v) is 3.77. The smallest absolute Gasteiger partial charge is 0.239 e. The van der Waals surface area contributed by atoms with E-state index in [9.17, 15) is 4.79 Å². The van der Waals surface area contributed by atoms with E-state index < -0.39 is 5.54 Å². The second kappa shape index (κ2) is 5.66. The molecule has 0 aromatic carbocycles. The minimum atomic E-state index is -0.521. The van der Waals surface area contributed by atoms with Crippen molar-refractivity contribution in [3.63, 3.8) is 0 Å². The predicted molar refractivity (Wildman–Crippen MR) is 69.2 cm³/mol. The van der Waals surface area contributed by atoms with Crippen LogP contribution in [0.25, 0.3) is 0 Å². The molecular formula is C11H17ClN2OS. The van der Waals surface area contributed by atoms with Crippen molar-refractivity contribution >= 4 is 28.8 Å². The third-order valence-electron chi connectivity index (χ3n) is 2.48. The van der Waals surface area contributed by atoms with E-state index in [1.165, 1.54) is 4.88 Å².